The molecule has 0 rings (SSSR count). The lowest BCUT2D eigenvalue weighted by molar-refractivity contribution is -0.161. The highest BCUT2D eigenvalue weighted by Crippen LogP contribution is 2.45. The Kier molecular flexibility index (Phi) is 72.3. The zero-order valence-corrected chi connectivity index (χ0v) is 66.3. The van der Waals surface area contributed by atoms with Crippen LogP contribution < -0.4 is 0 Å². The Hall–Kier alpha value is -4.02. The van der Waals surface area contributed by atoms with E-state index in [-0.39, 0.29) is 25.7 Å². The molecule has 0 aromatic rings. The molecule has 0 aliphatic carbocycles. The number of carbonyl (C=O) groups is 4. The van der Waals surface area contributed by atoms with Gasteiger partial charge in [0.1, 0.15) is 19.3 Å². The zero-order valence-electron chi connectivity index (χ0n) is 64.5. The van der Waals surface area contributed by atoms with Gasteiger partial charge in [-0.05, 0) is 148 Å². The number of esters is 4. The van der Waals surface area contributed by atoms with Crippen LogP contribution in [0.5, 0.6) is 0 Å². The number of hydrogen-bond donors (Lipinski definition) is 3. The largest absolute Gasteiger partial charge is 0.472 e. The van der Waals surface area contributed by atoms with Gasteiger partial charge in [0, 0.05) is 25.7 Å². The molecular formula is C83H146O17P2. The van der Waals surface area contributed by atoms with Gasteiger partial charge in [-0.15, -0.1) is 0 Å². The molecular weight excluding hydrogens is 1330 g/mol. The van der Waals surface area contributed by atoms with Crippen LogP contribution in [-0.4, -0.2) is 96.7 Å². The van der Waals surface area contributed by atoms with Crippen LogP contribution in [-0.2, 0) is 65.4 Å². The van der Waals surface area contributed by atoms with E-state index in [2.05, 4.69) is 125 Å². The van der Waals surface area contributed by atoms with Crippen molar-refractivity contribution >= 4 is 39.5 Å². The number of ether oxygens (including phenoxy) is 4. The Bertz CT molecular complexity index is 2310. The van der Waals surface area contributed by atoms with Crippen molar-refractivity contribution in [3.8, 4) is 0 Å². The highest BCUT2D eigenvalue weighted by Gasteiger charge is 2.30. The minimum atomic E-state index is -4.98. The van der Waals surface area contributed by atoms with Crippen LogP contribution in [0, 0.1) is 0 Å². The standard InChI is InChI=1S/C83H146O17P2/c1-5-9-13-17-21-25-29-33-36-37-38-39-42-45-48-52-56-60-64-68-81(86)94-73-78(99-82(87)69-65-61-57-53-49-43-32-28-24-20-16-12-8-4)75-97-101(89,90)95-71-77(84)72-96-102(91,92)98-76-79(100-83(88)70-66-62-58-54-50-46-41-35-31-27-23-19-15-11-7-3)74-93-80(85)67-63-59-55-51-47-44-40-34-30-26-22-18-14-10-6-2/h16,20-22,25-26,28,32-36,38-41,77-79,84H,5-15,17-19,23-24,27,29-31,37,42-76H2,1-4H3,(H,89,90)(H,91,92)/b20-16-,25-21-,26-22-,32-28-,36-33-,39-38-,40-34-,41-35-. The van der Waals surface area contributed by atoms with E-state index in [1.54, 1.807) is 0 Å². The molecule has 0 saturated carbocycles. The summed E-state index contributed by atoms with van der Waals surface area (Å²) in [4.78, 5) is 73.0. The Morgan fingerprint density at radius 3 is 0.804 bits per heavy atom. The second-order valence-electron chi connectivity index (χ2n) is 27.0. The minimum Gasteiger partial charge on any atom is -0.462 e. The van der Waals surface area contributed by atoms with Gasteiger partial charge < -0.3 is 33.8 Å². The van der Waals surface area contributed by atoms with Crippen molar-refractivity contribution in [2.45, 2.75) is 367 Å². The predicted molar refractivity (Wildman–Crippen MR) is 418 cm³/mol. The summed E-state index contributed by atoms with van der Waals surface area (Å²) >= 11 is 0. The lowest BCUT2D eigenvalue weighted by atomic mass is 10.1. The lowest BCUT2D eigenvalue weighted by Crippen LogP contribution is -2.30. The molecule has 5 atom stereocenters. The number of aliphatic hydroxyl groups excluding tert-OH is 1. The predicted octanol–water partition coefficient (Wildman–Crippen LogP) is 23.6. The van der Waals surface area contributed by atoms with Crippen LogP contribution in [0.4, 0.5) is 0 Å². The van der Waals surface area contributed by atoms with Crippen LogP contribution in [0.25, 0.3) is 0 Å². The summed E-state index contributed by atoms with van der Waals surface area (Å²) < 4.78 is 68.6. The summed E-state index contributed by atoms with van der Waals surface area (Å²) in [5, 5.41) is 10.6. The van der Waals surface area contributed by atoms with Crippen molar-refractivity contribution in [3.05, 3.63) is 97.2 Å². The summed E-state index contributed by atoms with van der Waals surface area (Å²) in [7, 11) is -9.96. The summed E-state index contributed by atoms with van der Waals surface area (Å²) in [6, 6.07) is 0. The van der Waals surface area contributed by atoms with E-state index in [1.807, 2.05) is 0 Å². The molecule has 0 amide bonds. The summed E-state index contributed by atoms with van der Waals surface area (Å²) in [6.45, 7) is 4.74. The fourth-order valence-electron chi connectivity index (χ4n) is 10.8. The lowest BCUT2D eigenvalue weighted by Gasteiger charge is -2.21. The van der Waals surface area contributed by atoms with E-state index in [0.717, 1.165) is 193 Å². The molecule has 0 saturated heterocycles. The molecule has 0 bridgehead atoms. The van der Waals surface area contributed by atoms with E-state index in [0.29, 0.717) is 25.7 Å². The Labute approximate surface area is 620 Å². The van der Waals surface area contributed by atoms with Gasteiger partial charge in [0.25, 0.3) is 0 Å². The highest BCUT2D eigenvalue weighted by molar-refractivity contribution is 7.47. The van der Waals surface area contributed by atoms with Gasteiger partial charge >= 0.3 is 39.5 Å². The van der Waals surface area contributed by atoms with Crippen molar-refractivity contribution in [2.24, 2.45) is 0 Å². The molecule has 5 unspecified atom stereocenters. The van der Waals surface area contributed by atoms with Gasteiger partial charge in [-0.2, -0.15) is 0 Å². The number of phosphoric ester groups is 2. The molecule has 0 heterocycles. The van der Waals surface area contributed by atoms with Gasteiger partial charge in [-0.25, -0.2) is 9.13 Å². The van der Waals surface area contributed by atoms with Crippen molar-refractivity contribution in [3.63, 3.8) is 0 Å². The molecule has 0 fully saturated rings. The average Bonchev–Trinajstić information content (AvgIpc) is 0.920. The van der Waals surface area contributed by atoms with Crippen LogP contribution in [0.15, 0.2) is 97.2 Å². The molecule has 17 nitrogen and oxygen atoms in total. The maximum atomic E-state index is 13.1. The first-order chi connectivity index (χ1) is 49.7. The molecule has 0 radical (unpaired) electrons. The molecule has 102 heavy (non-hydrogen) atoms. The van der Waals surface area contributed by atoms with E-state index in [4.69, 9.17) is 37.0 Å². The number of carbonyl (C=O) groups excluding carboxylic acids is 4. The van der Waals surface area contributed by atoms with Crippen LogP contribution in [0.1, 0.15) is 349 Å². The maximum absolute atomic E-state index is 13.1. The van der Waals surface area contributed by atoms with Crippen molar-refractivity contribution < 1.29 is 80.2 Å². The number of allylic oxidation sites excluding steroid dienone is 16. The third-order valence-corrected chi connectivity index (χ3v) is 18.9. The van der Waals surface area contributed by atoms with Gasteiger partial charge in [0.05, 0.1) is 26.4 Å². The van der Waals surface area contributed by atoms with Gasteiger partial charge in [-0.3, -0.25) is 37.3 Å². The van der Waals surface area contributed by atoms with Crippen molar-refractivity contribution in [1.82, 2.24) is 0 Å². The van der Waals surface area contributed by atoms with Gasteiger partial charge in [0.15, 0.2) is 12.2 Å². The third-order valence-electron chi connectivity index (χ3n) is 17.0. The highest BCUT2D eigenvalue weighted by atomic mass is 31.2. The van der Waals surface area contributed by atoms with E-state index < -0.39 is 97.5 Å². The van der Waals surface area contributed by atoms with Crippen LogP contribution in [0.3, 0.4) is 0 Å². The molecule has 19 heteroatoms. The first kappa shape index (κ1) is 98.0. The topological polar surface area (TPSA) is 237 Å². The summed E-state index contributed by atoms with van der Waals surface area (Å²) in [6.07, 6.45) is 79.5. The van der Waals surface area contributed by atoms with Gasteiger partial charge in [0.2, 0.25) is 0 Å². The molecule has 3 N–H and O–H groups in total. The number of aliphatic hydroxyl groups is 1. The summed E-state index contributed by atoms with van der Waals surface area (Å²) in [5.74, 6) is -2.21. The Balaban J connectivity index is 5.36. The molecule has 0 aliphatic heterocycles. The van der Waals surface area contributed by atoms with E-state index in [9.17, 15) is 43.2 Å². The molecule has 0 aliphatic rings. The Morgan fingerprint density at radius 1 is 0.275 bits per heavy atom. The molecule has 0 aromatic heterocycles. The second-order valence-corrected chi connectivity index (χ2v) is 29.9. The quantitative estimate of drug-likeness (QED) is 0.0169. The second kappa shape index (κ2) is 75.2. The van der Waals surface area contributed by atoms with Gasteiger partial charge in [-0.1, -0.05) is 273 Å². The van der Waals surface area contributed by atoms with E-state index >= 15 is 0 Å². The number of rotatable bonds is 76. The molecule has 0 aromatic carbocycles. The number of unbranched alkanes of at least 4 members (excludes halogenated alkanes) is 34. The van der Waals surface area contributed by atoms with Crippen LogP contribution in [0.2, 0.25) is 0 Å². The first-order valence-corrected chi connectivity index (χ1v) is 43.5. The molecule has 0 spiro atoms. The number of hydrogen-bond acceptors (Lipinski definition) is 15. The zero-order chi connectivity index (χ0) is 74.6. The molecule has 590 valence electrons. The average molecular weight is 1480 g/mol. The van der Waals surface area contributed by atoms with Crippen molar-refractivity contribution in [2.75, 3.05) is 39.6 Å². The minimum absolute atomic E-state index is 0.0753. The first-order valence-electron chi connectivity index (χ1n) is 40.5. The smallest absolute Gasteiger partial charge is 0.462 e. The Morgan fingerprint density at radius 2 is 0.500 bits per heavy atom. The number of phosphoric acid groups is 2. The third kappa shape index (κ3) is 74.3. The monoisotopic (exact) mass is 1480 g/mol. The van der Waals surface area contributed by atoms with Crippen molar-refractivity contribution in [1.29, 1.82) is 0 Å². The fourth-order valence-corrected chi connectivity index (χ4v) is 12.3. The van der Waals surface area contributed by atoms with E-state index in [1.165, 1.54) is 77.0 Å². The SMILES string of the molecule is CCC/C=C\C/C=C\CCCCCCCC(=O)OC(COC(=O)CCCCCCCC/C=C\C/C=C\C/C=C\CCCCC)COP(=O)(O)OCC(O)COP(=O)(O)OCC(COC(=O)CCCCCCC/C=C\C/C=C\CCCCC)OC(=O)CCCCCCC/C=C\CCCCCCCC. The maximum Gasteiger partial charge on any atom is 0.472 e. The normalized spacial score (nSPS) is 14.4. The summed E-state index contributed by atoms with van der Waals surface area (Å²) in [5.41, 5.74) is 0. The fraction of sp³-hybridized carbons (Fsp3) is 0.759. The van der Waals surface area contributed by atoms with Crippen LogP contribution >= 0.6 is 15.6 Å².